The Labute approximate surface area is 130 Å². The topological polar surface area (TPSA) is 29.5 Å². The van der Waals surface area contributed by atoms with Crippen molar-refractivity contribution in [3.63, 3.8) is 0 Å². The third kappa shape index (κ3) is 2.47. The Kier molecular flexibility index (Phi) is 3.69. The smallest absolute Gasteiger partial charge is 0.128 e. The van der Waals surface area contributed by atoms with Crippen molar-refractivity contribution in [2.24, 2.45) is 0 Å². The van der Waals surface area contributed by atoms with Crippen LogP contribution in [0.1, 0.15) is 22.8 Å². The molecule has 0 spiro atoms. The molecule has 98 valence electrons. The number of hydrogen-bond donors (Lipinski definition) is 1. The van der Waals surface area contributed by atoms with Gasteiger partial charge in [-0.15, -0.1) is 0 Å². The van der Waals surface area contributed by atoms with Gasteiger partial charge in [-0.3, -0.25) is 0 Å². The van der Waals surface area contributed by atoms with Crippen molar-refractivity contribution in [3.8, 4) is 5.75 Å². The van der Waals surface area contributed by atoms with E-state index in [2.05, 4.69) is 22.6 Å². The first-order chi connectivity index (χ1) is 9.16. The minimum absolute atomic E-state index is 0.643. The fourth-order valence-electron chi connectivity index (χ4n) is 2.37. The molecule has 0 amide bonds. The van der Waals surface area contributed by atoms with Gasteiger partial charge in [0.25, 0.3) is 0 Å². The first-order valence-corrected chi connectivity index (χ1v) is 7.50. The molecule has 2 aromatic rings. The van der Waals surface area contributed by atoms with E-state index in [1.54, 1.807) is 6.07 Å². The summed E-state index contributed by atoms with van der Waals surface area (Å²) in [6, 6.07) is 11.5. The molecule has 0 fully saturated rings. The third-order valence-electron chi connectivity index (χ3n) is 3.27. The molecular weight excluding hydrogens is 375 g/mol. The Morgan fingerprint density at radius 2 is 2.00 bits per heavy atom. The van der Waals surface area contributed by atoms with Crippen molar-refractivity contribution in [2.45, 2.75) is 12.5 Å². The summed E-state index contributed by atoms with van der Waals surface area (Å²) in [6.07, 6.45) is 0.139. The maximum atomic E-state index is 10.6. The molecule has 19 heavy (non-hydrogen) atoms. The van der Waals surface area contributed by atoms with Gasteiger partial charge in [-0.2, -0.15) is 0 Å². The summed E-state index contributed by atoms with van der Waals surface area (Å²) in [6.45, 7) is 0.654. The van der Waals surface area contributed by atoms with Gasteiger partial charge in [0.15, 0.2) is 0 Å². The number of rotatable bonds is 2. The maximum Gasteiger partial charge on any atom is 0.128 e. The summed E-state index contributed by atoms with van der Waals surface area (Å²) in [7, 11) is 0. The lowest BCUT2D eigenvalue weighted by Crippen LogP contribution is -2.04. The van der Waals surface area contributed by atoms with Crippen LogP contribution in [0.3, 0.4) is 0 Å². The molecule has 0 saturated carbocycles. The van der Waals surface area contributed by atoms with E-state index in [1.807, 2.05) is 30.3 Å². The lowest BCUT2D eigenvalue weighted by Gasteiger charge is -2.16. The summed E-state index contributed by atoms with van der Waals surface area (Å²) in [5.41, 5.74) is 2.71. The molecule has 1 aliphatic heterocycles. The molecule has 0 bridgehead atoms. The number of halogens is 2. The van der Waals surface area contributed by atoms with Crippen molar-refractivity contribution >= 4 is 34.2 Å². The second-order valence-corrected chi connectivity index (χ2v) is 6.10. The Morgan fingerprint density at radius 1 is 1.21 bits per heavy atom. The molecule has 1 heterocycles. The van der Waals surface area contributed by atoms with Crippen molar-refractivity contribution in [3.05, 3.63) is 61.7 Å². The van der Waals surface area contributed by atoms with Crippen LogP contribution < -0.4 is 4.74 Å². The van der Waals surface area contributed by atoms with Crippen LogP contribution >= 0.6 is 34.2 Å². The summed E-state index contributed by atoms with van der Waals surface area (Å²) in [4.78, 5) is 0. The van der Waals surface area contributed by atoms with Crippen LogP contribution in [0.25, 0.3) is 0 Å². The highest BCUT2D eigenvalue weighted by molar-refractivity contribution is 14.1. The number of hydrogen-bond acceptors (Lipinski definition) is 2. The van der Waals surface area contributed by atoms with Gasteiger partial charge in [0.05, 0.1) is 6.61 Å². The van der Waals surface area contributed by atoms with E-state index < -0.39 is 6.10 Å². The minimum Gasteiger partial charge on any atom is -0.493 e. The first kappa shape index (κ1) is 13.2. The van der Waals surface area contributed by atoms with Crippen molar-refractivity contribution in [1.82, 2.24) is 0 Å². The summed E-state index contributed by atoms with van der Waals surface area (Å²) >= 11 is 8.36. The highest BCUT2D eigenvalue weighted by Crippen LogP contribution is 2.39. The molecule has 3 rings (SSSR count). The van der Waals surface area contributed by atoms with Gasteiger partial charge in [-0.1, -0.05) is 29.8 Å². The SMILES string of the molecule is OC(c1ccccc1I)c1cc(Cl)cc2c1OCC2. The standard InChI is InChI=1S/C15H12ClIO2/c16-10-7-9-5-6-19-15(9)12(8-10)14(18)11-3-1-2-4-13(11)17/h1-4,7-8,14,18H,5-6H2. The number of benzene rings is 2. The van der Waals surface area contributed by atoms with E-state index in [0.717, 1.165) is 32.4 Å². The molecule has 1 N–H and O–H groups in total. The van der Waals surface area contributed by atoms with Crippen LogP contribution in [0.2, 0.25) is 5.02 Å². The Morgan fingerprint density at radius 3 is 2.79 bits per heavy atom. The van der Waals surface area contributed by atoms with Gasteiger partial charge < -0.3 is 9.84 Å². The van der Waals surface area contributed by atoms with E-state index in [-0.39, 0.29) is 0 Å². The molecule has 0 radical (unpaired) electrons. The molecule has 0 saturated heterocycles. The molecule has 0 aliphatic carbocycles. The van der Waals surface area contributed by atoms with Crippen LogP contribution in [0.15, 0.2) is 36.4 Å². The maximum absolute atomic E-state index is 10.6. The zero-order chi connectivity index (χ0) is 13.4. The van der Waals surface area contributed by atoms with E-state index >= 15 is 0 Å². The van der Waals surface area contributed by atoms with Crippen LogP contribution in [0.4, 0.5) is 0 Å². The fraction of sp³-hybridized carbons (Fsp3) is 0.200. The molecule has 2 aromatic carbocycles. The van der Waals surface area contributed by atoms with Crippen LogP contribution in [0.5, 0.6) is 5.75 Å². The molecule has 2 nitrogen and oxygen atoms in total. The predicted molar refractivity (Wildman–Crippen MR) is 83.9 cm³/mol. The number of ether oxygens (including phenoxy) is 1. The predicted octanol–water partition coefficient (Wildman–Crippen LogP) is 3.96. The molecule has 1 aliphatic rings. The van der Waals surface area contributed by atoms with Crippen LogP contribution in [-0.4, -0.2) is 11.7 Å². The summed E-state index contributed by atoms with van der Waals surface area (Å²) in [5, 5.41) is 11.3. The van der Waals surface area contributed by atoms with Crippen LogP contribution in [-0.2, 0) is 6.42 Å². The largest absolute Gasteiger partial charge is 0.493 e. The zero-order valence-electron chi connectivity index (χ0n) is 10.1. The van der Waals surface area contributed by atoms with E-state index in [0.29, 0.717) is 11.6 Å². The average Bonchev–Trinajstić information content (AvgIpc) is 2.85. The number of aliphatic hydroxyl groups excluding tert-OH is 1. The second-order valence-electron chi connectivity index (χ2n) is 4.51. The molecule has 4 heteroatoms. The van der Waals surface area contributed by atoms with E-state index in [4.69, 9.17) is 16.3 Å². The highest BCUT2D eigenvalue weighted by atomic mass is 127. The van der Waals surface area contributed by atoms with Gasteiger partial charge in [0, 0.05) is 20.6 Å². The lowest BCUT2D eigenvalue weighted by molar-refractivity contribution is 0.213. The monoisotopic (exact) mass is 386 g/mol. The molecule has 0 aromatic heterocycles. The zero-order valence-corrected chi connectivity index (χ0v) is 13.0. The van der Waals surface area contributed by atoms with Crippen molar-refractivity contribution in [2.75, 3.05) is 6.61 Å². The van der Waals surface area contributed by atoms with Gasteiger partial charge in [-0.25, -0.2) is 0 Å². The van der Waals surface area contributed by atoms with Gasteiger partial charge in [-0.05, 0) is 51.9 Å². The van der Waals surface area contributed by atoms with Gasteiger partial charge in [0.2, 0.25) is 0 Å². The second kappa shape index (κ2) is 5.31. The average molecular weight is 387 g/mol. The Bertz CT molecular complexity index is 628. The van der Waals surface area contributed by atoms with Crippen molar-refractivity contribution < 1.29 is 9.84 Å². The highest BCUT2D eigenvalue weighted by Gasteiger charge is 2.24. The van der Waals surface area contributed by atoms with Gasteiger partial charge >= 0.3 is 0 Å². The summed E-state index contributed by atoms with van der Waals surface area (Å²) < 4.78 is 6.67. The minimum atomic E-state index is -0.710. The van der Waals surface area contributed by atoms with E-state index in [1.165, 1.54) is 0 Å². The number of aliphatic hydroxyl groups is 1. The third-order valence-corrected chi connectivity index (χ3v) is 4.47. The lowest BCUT2D eigenvalue weighted by atomic mass is 9.98. The first-order valence-electron chi connectivity index (χ1n) is 6.04. The van der Waals surface area contributed by atoms with Gasteiger partial charge in [0.1, 0.15) is 11.9 Å². The Balaban J connectivity index is 2.10. The molecule has 1 atom stereocenters. The summed E-state index contributed by atoms with van der Waals surface area (Å²) in [5.74, 6) is 0.788. The fourth-order valence-corrected chi connectivity index (χ4v) is 3.30. The Hall–Kier alpha value is -0.780. The van der Waals surface area contributed by atoms with Crippen LogP contribution in [0, 0.1) is 3.57 Å². The number of fused-ring (bicyclic) bond motifs is 1. The molecule has 1 unspecified atom stereocenters. The molecular formula is C15H12ClIO2. The van der Waals surface area contributed by atoms with E-state index in [9.17, 15) is 5.11 Å². The normalized spacial score (nSPS) is 14.9. The van der Waals surface area contributed by atoms with Crippen molar-refractivity contribution in [1.29, 1.82) is 0 Å². The quantitative estimate of drug-likeness (QED) is 0.792.